The van der Waals surface area contributed by atoms with Crippen LogP contribution < -0.4 is 0 Å². The molecule has 0 saturated carbocycles. The molecule has 0 unspecified atom stereocenters. The van der Waals surface area contributed by atoms with Crippen LogP contribution in [0.5, 0.6) is 0 Å². The predicted octanol–water partition coefficient (Wildman–Crippen LogP) is 4.29. The second-order valence-corrected chi connectivity index (χ2v) is 7.26. The van der Waals surface area contributed by atoms with Gasteiger partial charge in [-0.2, -0.15) is 0 Å². The molecule has 11 heteroatoms. The van der Waals surface area contributed by atoms with Crippen molar-refractivity contribution in [1.29, 1.82) is 0 Å². The molecule has 0 saturated heterocycles. The number of rotatable bonds is 4. The Morgan fingerprint density at radius 3 is 1.79 bits per heavy atom. The Bertz CT molecular complexity index is 811. The number of carbonyl (C=O) groups is 3. The molecule has 1 aliphatic rings. The zero-order valence-corrected chi connectivity index (χ0v) is 18.3. The number of hydrogen-bond acceptors (Lipinski definition) is 6. The fourth-order valence-electron chi connectivity index (χ4n) is 3.00. The van der Waals surface area contributed by atoms with Crippen molar-refractivity contribution in [3.63, 3.8) is 0 Å². The maximum Gasteiger partial charge on any atom is 0.411 e. The van der Waals surface area contributed by atoms with Gasteiger partial charge in [-0.25, -0.2) is 14.4 Å². The fraction of sp³-hybridized carbons (Fsp3) is 0.471. The SMILES string of the molecule is CCOC(=O)C1(C(=O)OCC)Cc2c(Cl)c(Cl)c(Cl)c(Cl)c2CN1C(=O)OC. The first-order valence-corrected chi connectivity index (χ1v) is 9.72. The Morgan fingerprint density at radius 2 is 1.36 bits per heavy atom. The molecule has 0 spiro atoms. The smallest absolute Gasteiger partial charge is 0.411 e. The van der Waals surface area contributed by atoms with Crippen molar-refractivity contribution in [2.24, 2.45) is 0 Å². The molecule has 154 valence electrons. The number of carbonyl (C=O) groups excluding carboxylic acids is 3. The Kier molecular flexibility index (Phi) is 7.31. The summed E-state index contributed by atoms with van der Waals surface area (Å²) in [5.41, 5.74) is -1.52. The number of halogens is 4. The Labute approximate surface area is 181 Å². The summed E-state index contributed by atoms with van der Waals surface area (Å²) in [6.45, 7) is 2.78. The minimum absolute atomic E-state index is 0.00308. The van der Waals surface area contributed by atoms with Gasteiger partial charge in [-0.1, -0.05) is 46.4 Å². The summed E-state index contributed by atoms with van der Waals surface area (Å²) in [5.74, 6) is -1.97. The van der Waals surface area contributed by atoms with Crippen LogP contribution in [-0.2, 0) is 36.8 Å². The largest absolute Gasteiger partial charge is 0.464 e. The van der Waals surface area contributed by atoms with Gasteiger partial charge in [-0.15, -0.1) is 0 Å². The van der Waals surface area contributed by atoms with Crippen LogP contribution in [0.3, 0.4) is 0 Å². The van der Waals surface area contributed by atoms with Gasteiger partial charge in [-0.05, 0) is 25.0 Å². The lowest BCUT2D eigenvalue weighted by atomic mass is 9.82. The van der Waals surface area contributed by atoms with E-state index < -0.39 is 23.6 Å². The van der Waals surface area contributed by atoms with Gasteiger partial charge in [0.25, 0.3) is 0 Å². The molecule has 0 N–H and O–H groups in total. The molecule has 1 aromatic carbocycles. The van der Waals surface area contributed by atoms with Crippen molar-refractivity contribution in [2.75, 3.05) is 20.3 Å². The van der Waals surface area contributed by atoms with Crippen LogP contribution in [0.4, 0.5) is 4.79 Å². The van der Waals surface area contributed by atoms with Crippen LogP contribution in [0.25, 0.3) is 0 Å². The van der Waals surface area contributed by atoms with Gasteiger partial charge >= 0.3 is 18.0 Å². The van der Waals surface area contributed by atoms with Gasteiger partial charge in [0.1, 0.15) is 0 Å². The van der Waals surface area contributed by atoms with Gasteiger partial charge in [0.2, 0.25) is 5.54 Å². The van der Waals surface area contributed by atoms with Crippen LogP contribution >= 0.6 is 46.4 Å². The summed E-state index contributed by atoms with van der Waals surface area (Å²) >= 11 is 24.9. The fourth-order valence-corrected chi connectivity index (χ4v) is 4.05. The molecular weight excluding hydrogens is 456 g/mol. The zero-order valence-electron chi connectivity index (χ0n) is 15.2. The van der Waals surface area contributed by atoms with Crippen LogP contribution in [0.2, 0.25) is 20.1 Å². The summed E-state index contributed by atoms with van der Waals surface area (Å²) in [7, 11) is 1.11. The molecule has 0 aromatic heterocycles. The maximum absolute atomic E-state index is 12.9. The highest BCUT2D eigenvalue weighted by atomic mass is 35.5. The Balaban J connectivity index is 2.81. The molecular formula is C17H17Cl4NO6. The van der Waals surface area contributed by atoms with E-state index in [1.54, 1.807) is 13.8 Å². The van der Waals surface area contributed by atoms with E-state index in [1.165, 1.54) is 0 Å². The first-order chi connectivity index (χ1) is 13.2. The molecule has 0 fully saturated rings. The molecule has 0 bridgehead atoms. The minimum atomic E-state index is -2.16. The number of nitrogens with zero attached hydrogens (tertiary/aromatic N) is 1. The molecule has 1 aromatic rings. The third-order valence-corrected chi connectivity index (χ3v) is 6.18. The summed E-state index contributed by atoms with van der Waals surface area (Å²) in [5, 5.41) is 0.0479. The normalized spacial score (nSPS) is 14.9. The Morgan fingerprint density at radius 1 is 0.893 bits per heavy atom. The quantitative estimate of drug-likeness (QED) is 0.214. The lowest BCUT2D eigenvalue weighted by Crippen LogP contribution is -2.66. The summed E-state index contributed by atoms with van der Waals surface area (Å²) < 4.78 is 15.0. The first kappa shape index (κ1) is 22.9. The van der Waals surface area contributed by atoms with Crippen molar-refractivity contribution in [3.05, 3.63) is 31.2 Å². The highest BCUT2D eigenvalue weighted by Crippen LogP contribution is 2.47. The molecule has 0 aliphatic carbocycles. The van der Waals surface area contributed by atoms with E-state index in [1.807, 2.05) is 0 Å². The third-order valence-electron chi connectivity index (χ3n) is 4.30. The number of hydrogen-bond donors (Lipinski definition) is 0. The van der Waals surface area contributed by atoms with E-state index in [0.29, 0.717) is 11.1 Å². The van der Waals surface area contributed by atoms with Gasteiger partial charge in [0.15, 0.2) is 0 Å². The van der Waals surface area contributed by atoms with E-state index in [9.17, 15) is 14.4 Å². The number of ether oxygens (including phenoxy) is 3. The summed E-state index contributed by atoms with van der Waals surface area (Å²) in [6, 6.07) is 0. The van der Waals surface area contributed by atoms with Crippen molar-refractivity contribution in [3.8, 4) is 0 Å². The molecule has 28 heavy (non-hydrogen) atoms. The number of amides is 1. The van der Waals surface area contributed by atoms with Gasteiger partial charge < -0.3 is 14.2 Å². The van der Waals surface area contributed by atoms with Crippen molar-refractivity contribution in [2.45, 2.75) is 32.4 Å². The van der Waals surface area contributed by atoms with Crippen molar-refractivity contribution >= 4 is 64.4 Å². The van der Waals surface area contributed by atoms with Crippen molar-refractivity contribution < 1.29 is 28.6 Å². The third kappa shape index (κ3) is 3.61. The summed E-state index contributed by atoms with van der Waals surface area (Å²) in [4.78, 5) is 39.2. The molecule has 1 heterocycles. The summed E-state index contributed by atoms with van der Waals surface area (Å²) in [6.07, 6.45) is -1.32. The lowest BCUT2D eigenvalue weighted by molar-refractivity contribution is -0.175. The number of esters is 2. The van der Waals surface area contributed by atoms with Crippen LogP contribution in [0.15, 0.2) is 0 Å². The lowest BCUT2D eigenvalue weighted by Gasteiger charge is -2.43. The molecule has 2 rings (SSSR count). The van der Waals surface area contributed by atoms with E-state index >= 15 is 0 Å². The van der Waals surface area contributed by atoms with Gasteiger partial charge in [-0.3, -0.25) is 4.90 Å². The topological polar surface area (TPSA) is 82.1 Å². The van der Waals surface area contributed by atoms with Crippen molar-refractivity contribution in [1.82, 2.24) is 4.90 Å². The maximum atomic E-state index is 12.9. The minimum Gasteiger partial charge on any atom is -0.464 e. The molecule has 7 nitrogen and oxygen atoms in total. The molecule has 1 amide bonds. The average molecular weight is 473 g/mol. The van der Waals surface area contributed by atoms with E-state index in [0.717, 1.165) is 12.0 Å². The molecule has 0 atom stereocenters. The van der Waals surface area contributed by atoms with E-state index in [2.05, 4.69) is 0 Å². The van der Waals surface area contributed by atoms with Gasteiger partial charge in [0, 0.05) is 6.42 Å². The highest BCUT2D eigenvalue weighted by molar-refractivity contribution is 6.52. The van der Waals surface area contributed by atoms with E-state index in [4.69, 9.17) is 60.6 Å². The number of methoxy groups -OCH3 is 1. The standard InChI is InChI=1S/C17H17Cl4NO6/c1-4-27-14(23)17(15(24)28-5-2)6-8-9(7-22(17)16(25)26-3)11(19)13(21)12(20)10(8)18/h4-7H2,1-3H3. The average Bonchev–Trinajstić information content (AvgIpc) is 2.69. The zero-order chi connectivity index (χ0) is 21.2. The number of fused-ring (bicyclic) bond motifs is 1. The van der Waals surface area contributed by atoms with Crippen LogP contribution in [0, 0.1) is 0 Å². The van der Waals surface area contributed by atoms with E-state index in [-0.39, 0.29) is 46.3 Å². The second-order valence-electron chi connectivity index (χ2n) is 5.75. The Hall–Kier alpha value is -1.41. The predicted molar refractivity (Wildman–Crippen MR) is 104 cm³/mol. The van der Waals surface area contributed by atoms with Gasteiger partial charge in [0.05, 0.1) is 47.0 Å². The van der Waals surface area contributed by atoms with Crippen LogP contribution in [-0.4, -0.2) is 48.8 Å². The monoisotopic (exact) mass is 471 g/mol. The number of benzene rings is 1. The second kappa shape index (κ2) is 8.95. The first-order valence-electron chi connectivity index (χ1n) is 8.20. The molecule has 0 radical (unpaired) electrons. The molecule has 1 aliphatic heterocycles. The highest BCUT2D eigenvalue weighted by Gasteiger charge is 2.59. The van der Waals surface area contributed by atoms with Crippen LogP contribution in [0.1, 0.15) is 25.0 Å².